The van der Waals surface area contributed by atoms with E-state index in [2.05, 4.69) is 59.8 Å². The molecule has 0 atom stereocenters. The number of fused-ring (bicyclic) bond motifs is 2. The van der Waals surface area contributed by atoms with Crippen molar-refractivity contribution >= 4 is 45.1 Å². The fraction of sp³-hybridized carbons (Fsp3) is 0.286. The van der Waals surface area contributed by atoms with E-state index >= 15 is 0 Å². The van der Waals surface area contributed by atoms with Crippen molar-refractivity contribution in [2.24, 2.45) is 33.3 Å². The van der Waals surface area contributed by atoms with Crippen LogP contribution in [0.3, 0.4) is 0 Å². The molecule has 0 aliphatic rings. The Morgan fingerprint density at radius 2 is 1.16 bits per heavy atom. The number of thiophene rings is 1. The summed E-state index contributed by atoms with van der Waals surface area (Å²) < 4.78 is 0. The fourth-order valence-corrected chi connectivity index (χ4v) is 4.80. The van der Waals surface area contributed by atoms with Crippen LogP contribution >= 0.6 is 11.3 Å². The summed E-state index contributed by atoms with van der Waals surface area (Å²) in [5.41, 5.74) is 17.8. The molecule has 3 heterocycles. The standard InChI is InChI=1S/C28H32N8S/c1-15(2)13-31-25(29)17-5-7-19-21(11-17)35-27(33-19)23-9-10-24(37-23)28-34-20-8-6-18(12-22(20)36-28)26(30)32-14-16(3)4/h5-12,15-16H,13-14H2,1-4H3,(H2,29,31)(H2,30,32)(H,33,35)(H,34,36). The van der Waals surface area contributed by atoms with Gasteiger partial charge in [0, 0.05) is 24.2 Å². The van der Waals surface area contributed by atoms with Crippen LogP contribution < -0.4 is 11.5 Å². The summed E-state index contributed by atoms with van der Waals surface area (Å²) in [6, 6.07) is 16.0. The van der Waals surface area contributed by atoms with Gasteiger partial charge in [0.2, 0.25) is 0 Å². The van der Waals surface area contributed by atoms with Crippen LogP contribution in [-0.2, 0) is 0 Å². The molecule has 0 radical (unpaired) electrons. The number of aromatic nitrogens is 4. The summed E-state index contributed by atoms with van der Waals surface area (Å²) in [5.74, 6) is 3.65. The van der Waals surface area contributed by atoms with Gasteiger partial charge in [0.25, 0.3) is 0 Å². The average molecular weight is 513 g/mol. The van der Waals surface area contributed by atoms with Crippen molar-refractivity contribution in [2.75, 3.05) is 13.1 Å². The Kier molecular flexibility index (Phi) is 6.80. The summed E-state index contributed by atoms with van der Waals surface area (Å²) >= 11 is 1.63. The molecule has 6 N–H and O–H groups in total. The van der Waals surface area contributed by atoms with Gasteiger partial charge in [-0.1, -0.05) is 27.7 Å². The lowest BCUT2D eigenvalue weighted by Crippen LogP contribution is -2.14. The summed E-state index contributed by atoms with van der Waals surface area (Å²) in [6.45, 7) is 9.91. The summed E-state index contributed by atoms with van der Waals surface area (Å²) in [5, 5.41) is 0. The highest BCUT2D eigenvalue weighted by Gasteiger charge is 2.13. The Hall–Kier alpha value is -3.98. The van der Waals surface area contributed by atoms with Gasteiger partial charge in [-0.05, 0) is 60.4 Å². The van der Waals surface area contributed by atoms with Gasteiger partial charge in [-0.3, -0.25) is 9.98 Å². The minimum absolute atomic E-state index is 0.463. The molecule has 8 nitrogen and oxygen atoms in total. The van der Waals surface area contributed by atoms with Gasteiger partial charge in [0.15, 0.2) is 0 Å². The second-order valence-corrected chi connectivity index (χ2v) is 11.1. The van der Waals surface area contributed by atoms with E-state index < -0.39 is 0 Å². The zero-order chi connectivity index (χ0) is 26.1. The lowest BCUT2D eigenvalue weighted by molar-refractivity contribution is 0.665. The van der Waals surface area contributed by atoms with E-state index in [-0.39, 0.29) is 0 Å². The molecule has 0 bridgehead atoms. The number of hydrogen-bond donors (Lipinski definition) is 4. The third-order valence-corrected chi connectivity index (χ3v) is 6.98. The van der Waals surface area contributed by atoms with Crippen molar-refractivity contribution in [1.29, 1.82) is 0 Å². The topological polar surface area (TPSA) is 134 Å². The molecule has 0 amide bonds. The van der Waals surface area contributed by atoms with Crippen LogP contribution in [0.25, 0.3) is 43.5 Å². The third-order valence-electron chi connectivity index (χ3n) is 5.88. The number of benzene rings is 2. The van der Waals surface area contributed by atoms with E-state index in [1.807, 2.05) is 36.4 Å². The SMILES string of the molecule is CC(C)CN=C(N)c1ccc2nc(-c3ccc(-c4nc5ccc(C(N)=NCC(C)C)cc5[nH]4)s3)[nH]c2c1. The minimum Gasteiger partial charge on any atom is -0.384 e. The molecule has 9 heteroatoms. The van der Waals surface area contributed by atoms with E-state index in [1.54, 1.807) is 11.3 Å². The molecule has 2 aromatic carbocycles. The molecular formula is C28H32N8S. The largest absolute Gasteiger partial charge is 0.384 e. The van der Waals surface area contributed by atoms with Crippen molar-refractivity contribution < 1.29 is 0 Å². The highest BCUT2D eigenvalue weighted by atomic mass is 32.1. The van der Waals surface area contributed by atoms with Crippen molar-refractivity contribution in [1.82, 2.24) is 19.9 Å². The Bertz CT molecular complexity index is 1500. The van der Waals surface area contributed by atoms with Crippen LogP contribution in [0.4, 0.5) is 0 Å². The molecule has 5 rings (SSSR count). The van der Waals surface area contributed by atoms with Crippen LogP contribution in [0.2, 0.25) is 0 Å². The molecule has 0 fully saturated rings. The third kappa shape index (κ3) is 5.41. The zero-order valence-electron chi connectivity index (χ0n) is 21.5. The number of amidine groups is 2. The maximum absolute atomic E-state index is 6.20. The second kappa shape index (κ2) is 10.2. The number of imidazole rings is 2. The molecule has 190 valence electrons. The van der Waals surface area contributed by atoms with Crippen LogP contribution in [0, 0.1) is 11.8 Å². The van der Waals surface area contributed by atoms with E-state index in [4.69, 9.17) is 21.4 Å². The first-order valence-corrected chi connectivity index (χ1v) is 13.3. The highest BCUT2D eigenvalue weighted by molar-refractivity contribution is 7.18. The maximum Gasteiger partial charge on any atom is 0.148 e. The number of nitrogens with one attached hydrogen (secondary N) is 2. The Balaban J connectivity index is 1.40. The molecule has 0 spiro atoms. The number of nitrogens with zero attached hydrogens (tertiary/aromatic N) is 4. The number of H-pyrrole nitrogens is 2. The monoisotopic (exact) mass is 512 g/mol. The Morgan fingerprint density at radius 1 is 0.730 bits per heavy atom. The van der Waals surface area contributed by atoms with Crippen LogP contribution in [-0.4, -0.2) is 44.7 Å². The number of aliphatic imine (C=N–C) groups is 2. The van der Waals surface area contributed by atoms with Gasteiger partial charge in [-0.15, -0.1) is 11.3 Å². The first-order valence-electron chi connectivity index (χ1n) is 12.5. The zero-order valence-corrected chi connectivity index (χ0v) is 22.4. The molecule has 0 saturated carbocycles. The smallest absolute Gasteiger partial charge is 0.148 e. The van der Waals surface area contributed by atoms with E-state index in [9.17, 15) is 0 Å². The van der Waals surface area contributed by atoms with E-state index in [0.717, 1.165) is 54.6 Å². The van der Waals surface area contributed by atoms with Crippen molar-refractivity contribution in [3.8, 4) is 21.4 Å². The predicted octanol–water partition coefficient (Wildman–Crippen LogP) is 5.56. The predicted molar refractivity (Wildman–Crippen MR) is 155 cm³/mol. The molecule has 3 aromatic heterocycles. The summed E-state index contributed by atoms with van der Waals surface area (Å²) in [6.07, 6.45) is 0. The van der Waals surface area contributed by atoms with E-state index in [0.29, 0.717) is 36.6 Å². The number of rotatable bonds is 8. The molecule has 0 saturated heterocycles. The van der Waals surface area contributed by atoms with Gasteiger partial charge in [0.1, 0.15) is 23.3 Å². The molecule has 0 aliphatic heterocycles. The number of hydrogen-bond acceptors (Lipinski definition) is 5. The first-order chi connectivity index (χ1) is 17.8. The molecule has 5 aromatic rings. The fourth-order valence-electron chi connectivity index (χ4n) is 3.91. The van der Waals surface area contributed by atoms with Crippen molar-refractivity contribution in [2.45, 2.75) is 27.7 Å². The molecule has 0 unspecified atom stereocenters. The lowest BCUT2D eigenvalue weighted by Gasteiger charge is -2.03. The average Bonchev–Trinajstić information content (AvgIpc) is 3.61. The van der Waals surface area contributed by atoms with Gasteiger partial charge in [-0.2, -0.15) is 0 Å². The molecule has 37 heavy (non-hydrogen) atoms. The van der Waals surface area contributed by atoms with Crippen LogP contribution in [0.1, 0.15) is 38.8 Å². The van der Waals surface area contributed by atoms with Gasteiger partial charge >= 0.3 is 0 Å². The number of aromatic amines is 2. The first kappa shape index (κ1) is 24.7. The molecular weight excluding hydrogens is 480 g/mol. The summed E-state index contributed by atoms with van der Waals surface area (Å²) in [7, 11) is 0. The second-order valence-electron chi connectivity index (χ2n) is 10.0. The maximum atomic E-state index is 6.20. The van der Waals surface area contributed by atoms with Crippen LogP contribution in [0.15, 0.2) is 58.5 Å². The Morgan fingerprint density at radius 3 is 1.57 bits per heavy atom. The van der Waals surface area contributed by atoms with E-state index in [1.165, 1.54) is 0 Å². The molecule has 0 aliphatic carbocycles. The van der Waals surface area contributed by atoms with Gasteiger partial charge in [-0.25, -0.2) is 9.97 Å². The summed E-state index contributed by atoms with van der Waals surface area (Å²) in [4.78, 5) is 27.5. The minimum atomic E-state index is 0.463. The van der Waals surface area contributed by atoms with Crippen LogP contribution in [0.5, 0.6) is 0 Å². The van der Waals surface area contributed by atoms with Crippen molar-refractivity contribution in [3.05, 3.63) is 59.7 Å². The quantitative estimate of drug-likeness (QED) is 0.160. The van der Waals surface area contributed by atoms with Gasteiger partial charge < -0.3 is 21.4 Å². The normalized spacial score (nSPS) is 13.0. The lowest BCUT2D eigenvalue weighted by atomic mass is 10.2. The Labute approximate surface area is 220 Å². The number of nitrogens with two attached hydrogens (primary N) is 2. The highest BCUT2D eigenvalue weighted by Crippen LogP contribution is 2.34. The van der Waals surface area contributed by atoms with Gasteiger partial charge in [0.05, 0.1) is 31.8 Å². The van der Waals surface area contributed by atoms with Crippen molar-refractivity contribution in [3.63, 3.8) is 0 Å².